The van der Waals surface area contributed by atoms with Gasteiger partial charge >= 0.3 is 24.0 Å². The maximum atomic E-state index is 13.4. The third kappa shape index (κ3) is 19.9. The number of amides is 1. The summed E-state index contributed by atoms with van der Waals surface area (Å²) in [6.07, 6.45) is 12.6. The number of sulfonamides is 3. The highest BCUT2D eigenvalue weighted by molar-refractivity contribution is 7.90. The molecule has 36 nitrogen and oxygen atoms in total. The first-order chi connectivity index (χ1) is 59.4. The number of fused-ring (bicyclic) bond motifs is 4. The highest BCUT2D eigenvalue weighted by Crippen LogP contribution is 2.42. The lowest BCUT2D eigenvalue weighted by Gasteiger charge is -2.14. The summed E-state index contributed by atoms with van der Waals surface area (Å²) in [5, 5.41) is 33.2. The van der Waals surface area contributed by atoms with Gasteiger partial charge in [-0.25, -0.2) is 73.5 Å². The van der Waals surface area contributed by atoms with E-state index in [2.05, 4.69) is 113 Å². The van der Waals surface area contributed by atoms with E-state index in [1.54, 1.807) is 71.9 Å². The van der Waals surface area contributed by atoms with Crippen molar-refractivity contribution in [1.29, 1.82) is 0 Å². The fraction of sp³-hybridized carbons (Fsp3) is 0.412. The fourth-order valence-corrected chi connectivity index (χ4v) is 20.9. The summed E-state index contributed by atoms with van der Waals surface area (Å²) in [6, 6.07) is 24.2. The van der Waals surface area contributed by atoms with E-state index in [0.29, 0.717) is 127 Å². The molecule has 0 spiro atoms. The van der Waals surface area contributed by atoms with Crippen molar-refractivity contribution >= 4 is 116 Å². The minimum atomic E-state index is -3.86. The molecular weight excluding hydrogens is 1660 g/mol. The molecule has 0 saturated heterocycles. The first-order valence-electron chi connectivity index (χ1n) is 41.2. The van der Waals surface area contributed by atoms with Gasteiger partial charge in [-0.15, -0.1) is 0 Å². The number of imidazole rings is 4. The molecule has 0 atom stereocenters. The molecule has 39 heteroatoms. The zero-order valence-electron chi connectivity index (χ0n) is 70.6. The van der Waals surface area contributed by atoms with Crippen molar-refractivity contribution < 1.29 is 86.4 Å². The van der Waals surface area contributed by atoms with Crippen molar-refractivity contribution in [3.8, 4) is 44.5 Å². The molecule has 0 radical (unpaired) electrons. The first-order valence-corrected chi connectivity index (χ1v) is 45.7. The van der Waals surface area contributed by atoms with E-state index >= 15 is 0 Å². The number of carbonyl (C=O) groups excluding carboxylic acids is 3. The second-order valence-electron chi connectivity index (χ2n) is 31.4. The number of H-pyrrole nitrogens is 4. The number of ether oxygens (including phenoxy) is 3. The van der Waals surface area contributed by atoms with E-state index in [0.717, 1.165) is 140 Å². The highest BCUT2D eigenvalue weighted by atomic mass is 32.2. The Kier molecular flexibility index (Phi) is 26.7. The maximum Gasteiger partial charge on any atom is 0.413 e. The van der Waals surface area contributed by atoms with Crippen LogP contribution < -0.4 is 34.7 Å². The minimum Gasteiger partial charge on any atom is -0.481 e. The SMILES string of the molecule is CCOC(=O)CCNc1nc2c(S(=O)(=O)NC3CCCC3)cc(-c3c(C)noc3C)cc2[nH]1.COC(=O)Nc1nc2c(S(=O)(=O)NC3CCCC3)cc(-c3c(C)noc3C)cc2[nH]1.COC(=O)c1cc(-c2c(C)noc2C)cc2[nH]c(C3CC3)[n+](Cc3ccccc3)c12.Cc1noc(C)c1-c1cc(S(=O)(=O)NC2CCCC2)c2nc(NCCC(=O)O)[nH]c2c1. The van der Waals surface area contributed by atoms with Crippen LogP contribution in [-0.4, -0.2) is 162 Å². The van der Waals surface area contributed by atoms with E-state index in [1.807, 2.05) is 51.1 Å². The van der Waals surface area contributed by atoms with Crippen LogP contribution >= 0.6 is 0 Å². The number of carboxylic acid groups (broad SMARTS) is 1. The van der Waals surface area contributed by atoms with Crippen LogP contribution in [0, 0.1) is 55.4 Å². The van der Waals surface area contributed by atoms with Crippen LogP contribution in [0.5, 0.6) is 0 Å². The normalized spacial score (nSPS) is 14.6. The lowest BCUT2D eigenvalue weighted by Crippen LogP contribution is -2.38. The summed E-state index contributed by atoms with van der Waals surface area (Å²) < 4.78 is 126. The molecule has 5 aromatic carbocycles. The van der Waals surface area contributed by atoms with E-state index in [4.69, 9.17) is 32.7 Å². The molecule has 8 heterocycles. The Bertz CT molecular complexity index is 6420. The van der Waals surface area contributed by atoms with Gasteiger partial charge in [0.1, 0.15) is 66.4 Å². The number of benzene rings is 5. The number of aromatic nitrogens is 12. The smallest absolute Gasteiger partial charge is 0.413 e. The number of nitrogens with one attached hydrogen (secondary N) is 10. The number of hydrogen-bond acceptors (Lipinski definition) is 26. The number of aryl methyl sites for hydroxylation is 8. The van der Waals surface area contributed by atoms with Crippen LogP contribution in [0.4, 0.5) is 22.6 Å². The molecular formula is C85H101N18O18S3+. The lowest BCUT2D eigenvalue weighted by atomic mass is 10.00. The maximum absolute atomic E-state index is 13.4. The molecule has 4 aliphatic carbocycles. The van der Waals surface area contributed by atoms with Gasteiger partial charge < -0.3 is 63.0 Å². The third-order valence-electron chi connectivity index (χ3n) is 22.3. The number of carbonyl (C=O) groups is 4. The predicted octanol–water partition coefficient (Wildman–Crippen LogP) is 14.0. The van der Waals surface area contributed by atoms with Crippen LogP contribution in [0.3, 0.4) is 0 Å². The Morgan fingerprint density at radius 2 is 0.863 bits per heavy atom. The van der Waals surface area contributed by atoms with Gasteiger partial charge in [0.15, 0.2) is 11.0 Å². The molecule has 8 aromatic heterocycles. The summed E-state index contributed by atoms with van der Waals surface area (Å²) in [5.74, 6) is 3.33. The summed E-state index contributed by atoms with van der Waals surface area (Å²) in [7, 11) is -8.86. The molecule has 4 saturated carbocycles. The van der Waals surface area contributed by atoms with Gasteiger partial charge in [0.25, 0.3) is 5.82 Å². The number of anilines is 3. The van der Waals surface area contributed by atoms with Crippen LogP contribution in [0.25, 0.3) is 88.6 Å². The summed E-state index contributed by atoms with van der Waals surface area (Å²) >= 11 is 0. The number of aliphatic carboxylic acids is 1. The predicted molar refractivity (Wildman–Crippen MR) is 460 cm³/mol. The molecule has 11 N–H and O–H groups in total. The van der Waals surface area contributed by atoms with Crippen molar-refractivity contribution in [3.63, 3.8) is 0 Å². The zero-order chi connectivity index (χ0) is 88.1. The summed E-state index contributed by atoms with van der Waals surface area (Å²) in [4.78, 5) is 72.9. The van der Waals surface area contributed by atoms with Crippen molar-refractivity contribution in [2.45, 2.75) is 210 Å². The number of rotatable bonds is 27. The van der Waals surface area contributed by atoms with Crippen molar-refractivity contribution in [1.82, 2.24) is 69.7 Å². The molecule has 656 valence electrons. The molecule has 0 unspecified atom stereocenters. The Hall–Kier alpha value is -12.2. The average molecular weight is 1760 g/mol. The lowest BCUT2D eigenvalue weighted by molar-refractivity contribution is -0.670. The van der Waals surface area contributed by atoms with E-state index in [9.17, 15) is 44.4 Å². The first kappa shape index (κ1) is 88.2. The van der Waals surface area contributed by atoms with Crippen LogP contribution in [0.2, 0.25) is 0 Å². The quantitative estimate of drug-likeness (QED) is 0.0129. The monoisotopic (exact) mass is 1760 g/mol. The molecule has 124 heavy (non-hydrogen) atoms. The van der Waals surface area contributed by atoms with Crippen molar-refractivity contribution in [2.75, 3.05) is 49.9 Å². The van der Waals surface area contributed by atoms with Gasteiger partial charge in [-0.1, -0.05) is 89.5 Å². The Balaban J connectivity index is 0.000000135. The molecule has 13 aromatic rings. The van der Waals surface area contributed by atoms with Gasteiger partial charge in [-0.2, -0.15) is 0 Å². The second-order valence-corrected chi connectivity index (χ2v) is 36.5. The largest absolute Gasteiger partial charge is 0.481 e. The molecule has 1 amide bonds. The standard InChI is InChI=1S/C24H23N3O3.C22H29N5O5S.C20H25N5O5S.C19H23N5O5S/c1-14-21(15(2)30-26-14)18-11-19(24(28)29-3)22-20(12-18)25-23(17-9-10-17)27(22)13-16-7-5-4-6-8-16;1-4-31-19(28)9-10-23-22-24-17-11-15(20-13(2)26-32-14(20)3)12-18(21(17)25-22)33(29,30)27-16-7-5-6-8-16;1-11-18(12(2)30-24-11)13-9-15-19(23-20(22-15)21-8-7-17(26)27)16(10-13)31(28,29)25-14-5-3-4-6-14;1-10-16(11(2)29-23-10)12-8-14-17(21-18(20-14)22-19(25)28-3)15(9-12)30(26,27)24-13-6-4-5-7-13/h4-8,11-12,17H,9-10,13H2,1-3H3;11-12,16,27H,4-10H2,1-3H3,(H2,23,24,25);9-10,14,25H,3-8H2,1-2H3,(H,26,27)(H2,21,22,23);8-9,13,24H,4-7H2,1-3H3,(H2,20,21,22,25)/p+1. The number of carboxylic acids is 1. The average Bonchev–Trinajstić information content (AvgIpc) is 1.57. The number of aromatic amines is 4. The highest BCUT2D eigenvalue weighted by Gasteiger charge is 2.39. The van der Waals surface area contributed by atoms with Crippen molar-refractivity contribution in [3.05, 3.63) is 142 Å². The zero-order valence-corrected chi connectivity index (χ0v) is 73.1. The van der Waals surface area contributed by atoms with Crippen LogP contribution in [0.1, 0.15) is 183 Å². The third-order valence-corrected chi connectivity index (χ3v) is 26.9. The molecule has 0 aliphatic heterocycles. The minimum absolute atomic E-state index is 0.0241. The Labute approximate surface area is 714 Å². The number of esters is 2. The second kappa shape index (κ2) is 37.5. The molecule has 4 aliphatic rings. The fourth-order valence-electron chi connectivity index (χ4n) is 16.4. The van der Waals surface area contributed by atoms with Gasteiger partial charge in [0, 0.05) is 53.5 Å². The van der Waals surface area contributed by atoms with Gasteiger partial charge in [-0.3, -0.25) is 14.9 Å². The van der Waals surface area contributed by atoms with E-state index in [1.165, 1.54) is 19.8 Å². The topological polar surface area (TPSA) is 501 Å². The number of nitrogens with zero attached hydrogens (tertiary/aromatic N) is 8. The van der Waals surface area contributed by atoms with E-state index < -0.39 is 42.1 Å². The van der Waals surface area contributed by atoms with Crippen LogP contribution in [0.15, 0.2) is 112 Å². The molecule has 0 bridgehead atoms. The Morgan fingerprint density at radius 1 is 0.484 bits per heavy atom. The molecule has 17 rings (SSSR count). The van der Waals surface area contributed by atoms with Gasteiger partial charge in [-0.05, 0) is 190 Å². The van der Waals surface area contributed by atoms with Crippen molar-refractivity contribution in [2.24, 2.45) is 0 Å². The van der Waals surface area contributed by atoms with Gasteiger partial charge in [0.2, 0.25) is 47.9 Å². The van der Waals surface area contributed by atoms with Gasteiger partial charge in [0.05, 0.1) is 78.9 Å². The number of methoxy groups -OCH3 is 2. The summed E-state index contributed by atoms with van der Waals surface area (Å²) in [5.41, 5.74) is 14.6. The van der Waals surface area contributed by atoms with Crippen LogP contribution in [-0.2, 0) is 60.4 Å². The number of hydrogen-bond donors (Lipinski definition) is 11. The summed E-state index contributed by atoms with van der Waals surface area (Å²) in [6.45, 7) is 17.8. The Morgan fingerprint density at radius 3 is 1.23 bits per heavy atom. The van der Waals surface area contributed by atoms with E-state index in [-0.39, 0.29) is 75.6 Å². The molecule has 4 fully saturated rings.